The Kier molecular flexibility index (Phi) is 9.30. The maximum Gasteiger partial charge on any atom is 0.329 e. The minimum atomic E-state index is -0.905. The van der Waals surface area contributed by atoms with E-state index in [4.69, 9.17) is 32.7 Å². The zero-order chi connectivity index (χ0) is 23.7. The van der Waals surface area contributed by atoms with Crippen LogP contribution in [0.3, 0.4) is 0 Å². The van der Waals surface area contributed by atoms with Crippen LogP contribution in [0.5, 0.6) is 11.5 Å². The molecule has 0 radical (unpaired) electrons. The summed E-state index contributed by atoms with van der Waals surface area (Å²) >= 11 is 12.3. The predicted molar refractivity (Wildman–Crippen MR) is 123 cm³/mol. The first-order valence-electron chi connectivity index (χ1n) is 9.39. The van der Waals surface area contributed by atoms with Gasteiger partial charge in [-0.15, -0.1) is 0 Å². The van der Waals surface area contributed by atoms with Gasteiger partial charge in [0.25, 0.3) is 5.91 Å². The number of ether oxygens (including phenoxy) is 2. The number of carbonyl (C=O) groups excluding carboxylic acids is 3. The molecule has 0 atom stereocenters. The fourth-order valence-corrected chi connectivity index (χ4v) is 2.84. The van der Waals surface area contributed by atoms with E-state index in [1.807, 2.05) is 0 Å². The Labute approximate surface area is 195 Å². The van der Waals surface area contributed by atoms with Crippen molar-refractivity contribution in [3.63, 3.8) is 0 Å². The quantitative estimate of drug-likeness (QED) is 0.305. The largest absolute Gasteiger partial charge is 0.493 e. The van der Waals surface area contributed by atoms with Gasteiger partial charge in [0, 0.05) is 6.04 Å². The third-order valence-corrected chi connectivity index (χ3v) is 4.36. The van der Waals surface area contributed by atoms with Crippen LogP contribution in [0.15, 0.2) is 41.5 Å². The van der Waals surface area contributed by atoms with E-state index < -0.39 is 17.7 Å². The standard InChI is InChI=1S/C21H22Cl2N4O5/c1-12(2)25-20(29)21(30)27-24-10-13-8-15(23)19(17(9-13)31-3)32-11-18(28)26-16-7-5-4-6-14(16)22/h4-10,12H,11H2,1-3H3,(H,25,29)(H,26,28)(H,27,30)/b24-10-. The van der Waals surface area contributed by atoms with Crippen molar-refractivity contribution in [1.29, 1.82) is 0 Å². The Bertz CT molecular complexity index is 1030. The molecule has 3 amide bonds. The number of hydrazone groups is 1. The molecule has 0 fully saturated rings. The van der Waals surface area contributed by atoms with Crippen LogP contribution < -0.4 is 25.5 Å². The predicted octanol–water partition coefficient (Wildman–Crippen LogP) is 2.99. The summed E-state index contributed by atoms with van der Waals surface area (Å²) in [7, 11) is 1.40. The first-order chi connectivity index (χ1) is 15.2. The normalized spacial score (nSPS) is 10.7. The van der Waals surface area contributed by atoms with E-state index in [1.54, 1.807) is 38.1 Å². The Hall–Kier alpha value is -3.30. The Morgan fingerprint density at radius 3 is 2.47 bits per heavy atom. The number of methoxy groups -OCH3 is 1. The van der Waals surface area contributed by atoms with Crippen LogP contribution in [0.25, 0.3) is 0 Å². The summed E-state index contributed by atoms with van der Waals surface area (Å²) in [6.45, 7) is 3.12. The van der Waals surface area contributed by atoms with Gasteiger partial charge in [0.1, 0.15) is 0 Å². The lowest BCUT2D eigenvalue weighted by atomic mass is 10.2. The lowest BCUT2D eigenvalue weighted by Crippen LogP contribution is -2.41. The number of rotatable bonds is 8. The van der Waals surface area contributed by atoms with E-state index >= 15 is 0 Å². The molecule has 0 saturated heterocycles. The lowest BCUT2D eigenvalue weighted by Gasteiger charge is -2.13. The highest BCUT2D eigenvalue weighted by Gasteiger charge is 2.15. The van der Waals surface area contributed by atoms with Gasteiger partial charge in [-0.3, -0.25) is 14.4 Å². The summed E-state index contributed by atoms with van der Waals surface area (Å²) in [4.78, 5) is 35.4. The van der Waals surface area contributed by atoms with E-state index in [9.17, 15) is 14.4 Å². The third kappa shape index (κ3) is 7.44. The van der Waals surface area contributed by atoms with Crippen LogP contribution >= 0.6 is 23.2 Å². The van der Waals surface area contributed by atoms with Crippen molar-refractivity contribution in [3.8, 4) is 11.5 Å². The van der Waals surface area contributed by atoms with Gasteiger partial charge in [-0.25, -0.2) is 5.43 Å². The second-order valence-electron chi connectivity index (χ2n) is 6.68. The number of anilines is 1. The monoisotopic (exact) mass is 480 g/mol. The van der Waals surface area contributed by atoms with Gasteiger partial charge in [-0.2, -0.15) is 5.10 Å². The SMILES string of the molecule is COc1cc(/C=N\NC(=O)C(=O)NC(C)C)cc(Cl)c1OCC(=O)Nc1ccccc1Cl. The van der Waals surface area contributed by atoms with Gasteiger partial charge in [0.15, 0.2) is 18.1 Å². The highest BCUT2D eigenvalue weighted by molar-refractivity contribution is 6.35. The van der Waals surface area contributed by atoms with Crippen molar-refractivity contribution in [2.75, 3.05) is 19.0 Å². The molecule has 9 nitrogen and oxygen atoms in total. The van der Waals surface area contributed by atoms with Crippen molar-refractivity contribution >= 4 is 52.8 Å². The molecule has 0 aliphatic carbocycles. The summed E-state index contributed by atoms with van der Waals surface area (Å²) < 4.78 is 10.8. The van der Waals surface area contributed by atoms with Gasteiger partial charge >= 0.3 is 11.8 Å². The van der Waals surface area contributed by atoms with Crippen LogP contribution in [-0.2, 0) is 14.4 Å². The maximum absolute atomic E-state index is 12.2. The van der Waals surface area contributed by atoms with Crippen LogP contribution in [0.4, 0.5) is 5.69 Å². The molecule has 2 rings (SSSR count). The van der Waals surface area contributed by atoms with Gasteiger partial charge in [-0.05, 0) is 43.7 Å². The smallest absolute Gasteiger partial charge is 0.329 e. The minimum absolute atomic E-state index is 0.153. The second kappa shape index (κ2) is 11.9. The number of hydrogen-bond donors (Lipinski definition) is 3. The Balaban J connectivity index is 2.02. The van der Waals surface area contributed by atoms with Crippen molar-refractivity contribution in [3.05, 3.63) is 52.0 Å². The zero-order valence-electron chi connectivity index (χ0n) is 17.6. The number of nitrogens with zero attached hydrogens (tertiary/aromatic N) is 1. The number of hydrogen-bond acceptors (Lipinski definition) is 6. The molecule has 0 aliphatic heterocycles. The lowest BCUT2D eigenvalue weighted by molar-refractivity contribution is -0.139. The topological polar surface area (TPSA) is 118 Å². The average Bonchev–Trinajstić information content (AvgIpc) is 2.73. The number of benzene rings is 2. The molecule has 170 valence electrons. The molecule has 11 heteroatoms. The average molecular weight is 481 g/mol. The number of carbonyl (C=O) groups is 3. The highest BCUT2D eigenvalue weighted by Crippen LogP contribution is 2.36. The number of amides is 3. The molecule has 32 heavy (non-hydrogen) atoms. The van der Waals surface area contributed by atoms with Crippen molar-refractivity contribution in [1.82, 2.24) is 10.7 Å². The molecule has 0 aliphatic rings. The molecule has 0 heterocycles. The Morgan fingerprint density at radius 1 is 1.09 bits per heavy atom. The van der Waals surface area contributed by atoms with E-state index in [-0.39, 0.29) is 29.2 Å². The number of para-hydroxylation sites is 1. The van der Waals surface area contributed by atoms with Crippen molar-refractivity contribution < 1.29 is 23.9 Å². The van der Waals surface area contributed by atoms with E-state index in [0.717, 1.165) is 0 Å². The molecular weight excluding hydrogens is 459 g/mol. The van der Waals surface area contributed by atoms with Crippen LogP contribution in [-0.4, -0.2) is 43.7 Å². The molecule has 2 aromatic rings. The molecule has 0 bridgehead atoms. The molecule has 0 aromatic heterocycles. The first-order valence-corrected chi connectivity index (χ1v) is 10.2. The molecule has 0 spiro atoms. The van der Waals surface area contributed by atoms with Gasteiger partial charge in [0.05, 0.1) is 29.1 Å². The fraction of sp³-hybridized carbons (Fsp3) is 0.238. The molecule has 0 unspecified atom stereocenters. The first kappa shape index (κ1) is 25.0. The summed E-state index contributed by atoms with van der Waals surface area (Å²) in [5.74, 6) is -1.75. The summed E-state index contributed by atoms with van der Waals surface area (Å²) in [6.07, 6.45) is 1.28. The van der Waals surface area contributed by atoms with Crippen LogP contribution in [0, 0.1) is 0 Å². The maximum atomic E-state index is 12.2. The highest BCUT2D eigenvalue weighted by atomic mass is 35.5. The van der Waals surface area contributed by atoms with Gasteiger partial charge < -0.3 is 20.1 Å². The zero-order valence-corrected chi connectivity index (χ0v) is 19.1. The molecule has 3 N–H and O–H groups in total. The molecule has 2 aromatic carbocycles. The van der Waals surface area contributed by atoms with E-state index in [0.29, 0.717) is 16.3 Å². The third-order valence-electron chi connectivity index (χ3n) is 3.75. The summed E-state index contributed by atoms with van der Waals surface area (Å²) in [5, 5.41) is 9.36. The minimum Gasteiger partial charge on any atom is -0.493 e. The second-order valence-corrected chi connectivity index (χ2v) is 7.49. The molecule has 0 saturated carbocycles. The van der Waals surface area contributed by atoms with Gasteiger partial charge in [-0.1, -0.05) is 35.3 Å². The van der Waals surface area contributed by atoms with Crippen molar-refractivity contribution in [2.45, 2.75) is 19.9 Å². The summed E-state index contributed by atoms with van der Waals surface area (Å²) in [6, 6.07) is 9.65. The van der Waals surface area contributed by atoms with Crippen LogP contribution in [0.1, 0.15) is 19.4 Å². The Morgan fingerprint density at radius 2 is 1.81 bits per heavy atom. The number of nitrogens with one attached hydrogen (secondary N) is 3. The van der Waals surface area contributed by atoms with E-state index in [2.05, 4.69) is 21.2 Å². The van der Waals surface area contributed by atoms with Gasteiger partial charge in [0.2, 0.25) is 0 Å². The fourth-order valence-electron chi connectivity index (χ4n) is 2.38. The summed E-state index contributed by atoms with van der Waals surface area (Å²) in [5.41, 5.74) is 3.03. The van der Waals surface area contributed by atoms with Crippen molar-refractivity contribution in [2.24, 2.45) is 5.10 Å². The molecular formula is C21H22Cl2N4O5. The van der Waals surface area contributed by atoms with Crippen LogP contribution in [0.2, 0.25) is 10.0 Å². The van der Waals surface area contributed by atoms with E-state index in [1.165, 1.54) is 25.5 Å². The number of halogens is 2.